The summed E-state index contributed by atoms with van der Waals surface area (Å²) < 4.78 is 0. The summed E-state index contributed by atoms with van der Waals surface area (Å²) in [6.45, 7) is 4.36. The highest BCUT2D eigenvalue weighted by atomic mass is 16.3. The van der Waals surface area contributed by atoms with Crippen molar-refractivity contribution in [1.82, 2.24) is 0 Å². The molecule has 94 valence electrons. The zero-order valence-electron chi connectivity index (χ0n) is 10.9. The lowest BCUT2D eigenvalue weighted by atomic mass is 9.95. The van der Waals surface area contributed by atoms with Crippen molar-refractivity contribution in [3.63, 3.8) is 0 Å². The molecule has 0 aliphatic heterocycles. The standard InChI is InChI=1S/C16H19NO/c1-13-8-10-14(11-9-13)16(2,18)12-17-15-6-4-3-5-7-15/h3-11,17-18H,12H2,1-2H3. The summed E-state index contributed by atoms with van der Waals surface area (Å²) in [5, 5.41) is 13.7. The number of anilines is 1. The number of nitrogens with one attached hydrogen (secondary N) is 1. The first-order chi connectivity index (χ1) is 8.58. The quantitative estimate of drug-likeness (QED) is 0.860. The highest BCUT2D eigenvalue weighted by molar-refractivity contribution is 5.43. The molecule has 2 nitrogen and oxygen atoms in total. The number of aryl methyl sites for hydroxylation is 1. The number of para-hydroxylation sites is 1. The third-order valence-corrected chi connectivity index (χ3v) is 3.08. The van der Waals surface area contributed by atoms with E-state index in [1.165, 1.54) is 5.56 Å². The van der Waals surface area contributed by atoms with E-state index in [2.05, 4.69) is 5.32 Å². The fourth-order valence-electron chi connectivity index (χ4n) is 1.84. The Morgan fingerprint density at radius 2 is 1.61 bits per heavy atom. The molecule has 0 aromatic heterocycles. The molecule has 2 rings (SSSR count). The number of aliphatic hydroxyl groups is 1. The van der Waals surface area contributed by atoms with Crippen molar-refractivity contribution in [2.24, 2.45) is 0 Å². The predicted molar refractivity (Wildman–Crippen MR) is 75.7 cm³/mol. The van der Waals surface area contributed by atoms with Gasteiger partial charge in [-0.05, 0) is 31.5 Å². The molecule has 0 bridgehead atoms. The Labute approximate surface area is 108 Å². The van der Waals surface area contributed by atoms with E-state index in [4.69, 9.17) is 0 Å². The summed E-state index contributed by atoms with van der Waals surface area (Å²) >= 11 is 0. The molecule has 0 aliphatic carbocycles. The Kier molecular flexibility index (Phi) is 3.68. The van der Waals surface area contributed by atoms with Gasteiger partial charge in [-0.2, -0.15) is 0 Å². The van der Waals surface area contributed by atoms with Crippen LogP contribution < -0.4 is 5.32 Å². The maximum absolute atomic E-state index is 10.5. The van der Waals surface area contributed by atoms with E-state index < -0.39 is 5.60 Å². The fourth-order valence-corrected chi connectivity index (χ4v) is 1.84. The molecule has 2 N–H and O–H groups in total. The average molecular weight is 241 g/mol. The highest BCUT2D eigenvalue weighted by Gasteiger charge is 2.22. The van der Waals surface area contributed by atoms with Gasteiger partial charge in [0.15, 0.2) is 0 Å². The van der Waals surface area contributed by atoms with Crippen LogP contribution in [0.1, 0.15) is 18.1 Å². The molecule has 0 aliphatic rings. The van der Waals surface area contributed by atoms with Gasteiger partial charge >= 0.3 is 0 Å². The molecule has 2 aromatic carbocycles. The number of hydrogen-bond donors (Lipinski definition) is 2. The van der Waals surface area contributed by atoms with Gasteiger partial charge < -0.3 is 10.4 Å². The van der Waals surface area contributed by atoms with E-state index in [1.807, 2.05) is 68.4 Å². The van der Waals surface area contributed by atoms with Crippen LogP contribution in [0.4, 0.5) is 5.69 Å². The number of hydrogen-bond acceptors (Lipinski definition) is 2. The molecule has 0 saturated heterocycles. The molecule has 0 fully saturated rings. The molecule has 0 spiro atoms. The number of benzene rings is 2. The first-order valence-corrected chi connectivity index (χ1v) is 6.16. The van der Waals surface area contributed by atoms with Gasteiger partial charge in [0.25, 0.3) is 0 Å². The Morgan fingerprint density at radius 3 is 2.22 bits per heavy atom. The van der Waals surface area contributed by atoms with E-state index in [-0.39, 0.29) is 0 Å². The SMILES string of the molecule is Cc1ccc(C(C)(O)CNc2ccccc2)cc1. The molecule has 1 atom stereocenters. The second-order valence-electron chi connectivity index (χ2n) is 4.86. The summed E-state index contributed by atoms with van der Waals surface area (Å²) in [6, 6.07) is 17.9. The first kappa shape index (κ1) is 12.7. The second-order valence-corrected chi connectivity index (χ2v) is 4.86. The Morgan fingerprint density at radius 1 is 1.00 bits per heavy atom. The zero-order valence-corrected chi connectivity index (χ0v) is 10.9. The van der Waals surface area contributed by atoms with E-state index in [1.54, 1.807) is 0 Å². The van der Waals surface area contributed by atoms with E-state index in [0.717, 1.165) is 11.3 Å². The molecule has 0 heterocycles. The Hall–Kier alpha value is -1.80. The van der Waals surface area contributed by atoms with Gasteiger partial charge in [0, 0.05) is 12.2 Å². The van der Waals surface area contributed by atoms with E-state index in [0.29, 0.717) is 6.54 Å². The van der Waals surface area contributed by atoms with E-state index in [9.17, 15) is 5.11 Å². The van der Waals surface area contributed by atoms with Gasteiger partial charge in [-0.3, -0.25) is 0 Å². The Bertz CT molecular complexity index is 488. The van der Waals surface area contributed by atoms with Crippen molar-refractivity contribution in [1.29, 1.82) is 0 Å². The highest BCUT2D eigenvalue weighted by Crippen LogP contribution is 2.21. The fraction of sp³-hybridized carbons (Fsp3) is 0.250. The topological polar surface area (TPSA) is 32.3 Å². The van der Waals surface area contributed by atoms with Crippen molar-refractivity contribution in [2.45, 2.75) is 19.4 Å². The summed E-state index contributed by atoms with van der Waals surface area (Å²) in [7, 11) is 0. The molecule has 18 heavy (non-hydrogen) atoms. The van der Waals surface area contributed by atoms with Gasteiger partial charge in [0.2, 0.25) is 0 Å². The summed E-state index contributed by atoms with van der Waals surface area (Å²) in [5.74, 6) is 0. The van der Waals surface area contributed by atoms with Crippen LogP contribution in [-0.4, -0.2) is 11.7 Å². The van der Waals surface area contributed by atoms with Crippen LogP contribution in [0.25, 0.3) is 0 Å². The van der Waals surface area contributed by atoms with Crippen LogP contribution in [0.15, 0.2) is 54.6 Å². The van der Waals surface area contributed by atoms with Crippen molar-refractivity contribution in [3.05, 3.63) is 65.7 Å². The van der Waals surface area contributed by atoms with Gasteiger partial charge in [-0.15, -0.1) is 0 Å². The van der Waals surface area contributed by atoms with Crippen LogP contribution in [0, 0.1) is 6.92 Å². The molecular formula is C16H19NO. The van der Waals surface area contributed by atoms with Gasteiger partial charge in [-0.1, -0.05) is 48.0 Å². The molecule has 2 heteroatoms. The maximum atomic E-state index is 10.5. The van der Waals surface area contributed by atoms with Crippen molar-refractivity contribution in [2.75, 3.05) is 11.9 Å². The lowest BCUT2D eigenvalue weighted by Crippen LogP contribution is -2.30. The third kappa shape index (κ3) is 3.11. The minimum atomic E-state index is -0.871. The second kappa shape index (κ2) is 5.23. The zero-order chi connectivity index (χ0) is 13.0. The normalized spacial score (nSPS) is 13.9. The van der Waals surface area contributed by atoms with Gasteiger partial charge in [0.05, 0.1) is 0 Å². The van der Waals surface area contributed by atoms with Crippen LogP contribution in [-0.2, 0) is 5.60 Å². The van der Waals surface area contributed by atoms with Crippen LogP contribution in [0.3, 0.4) is 0 Å². The summed E-state index contributed by atoms with van der Waals surface area (Å²) in [4.78, 5) is 0. The average Bonchev–Trinajstić information content (AvgIpc) is 2.38. The van der Waals surface area contributed by atoms with Gasteiger partial charge in [-0.25, -0.2) is 0 Å². The van der Waals surface area contributed by atoms with Crippen LogP contribution >= 0.6 is 0 Å². The van der Waals surface area contributed by atoms with Crippen molar-refractivity contribution < 1.29 is 5.11 Å². The van der Waals surface area contributed by atoms with Crippen molar-refractivity contribution in [3.8, 4) is 0 Å². The van der Waals surface area contributed by atoms with E-state index >= 15 is 0 Å². The summed E-state index contributed by atoms with van der Waals surface area (Å²) in [5.41, 5.74) is 2.27. The monoisotopic (exact) mass is 241 g/mol. The number of rotatable bonds is 4. The molecule has 2 aromatic rings. The Balaban J connectivity index is 2.05. The minimum Gasteiger partial charge on any atom is -0.384 e. The van der Waals surface area contributed by atoms with Gasteiger partial charge in [0.1, 0.15) is 5.60 Å². The molecule has 1 unspecified atom stereocenters. The van der Waals surface area contributed by atoms with Crippen LogP contribution in [0.5, 0.6) is 0 Å². The lowest BCUT2D eigenvalue weighted by molar-refractivity contribution is 0.0715. The van der Waals surface area contributed by atoms with Crippen molar-refractivity contribution >= 4 is 5.69 Å². The molecule has 0 amide bonds. The third-order valence-electron chi connectivity index (χ3n) is 3.08. The maximum Gasteiger partial charge on any atom is 0.104 e. The molecule has 0 radical (unpaired) electrons. The lowest BCUT2D eigenvalue weighted by Gasteiger charge is -2.25. The first-order valence-electron chi connectivity index (χ1n) is 6.16. The minimum absolute atomic E-state index is 0.486. The van der Waals surface area contributed by atoms with Crippen LogP contribution in [0.2, 0.25) is 0 Å². The molecular weight excluding hydrogens is 222 g/mol. The summed E-state index contributed by atoms with van der Waals surface area (Å²) in [6.07, 6.45) is 0. The smallest absolute Gasteiger partial charge is 0.104 e. The largest absolute Gasteiger partial charge is 0.384 e. The predicted octanol–water partition coefficient (Wildman–Crippen LogP) is 3.31. The molecule has 0 saturated carbocycles.